The van der Waals surface area contributed by atoms with E-state index in [0.29, 0.717) is 105 Å². The third kappa shape index (κ3) is 28.1. The molecule has 0 aliphatic rings. The fourth-order valence-corrected chi connectivity index (χ4v) is 3.86. The van der Waals surface area contributed by atoms with Gasteiger partial charge in [-0.2, -0.15) is 0 Å². The van der Waals surface area contributed by atoms with Gasteiger partial charge in [-0.1, -0.05) is 46.0 Å². The molecule has 0 heterocycles. The fraction of sp³-hybridized carbons (Fsp3) is 0.794. The maximum Gasteiger partial charge on any atom is 0.338 e. The molecule has 0 amide bonds. The highest BCUT2D eigenvalue weighted by Gasteiger charge is 2.06. The summed E-state index contributed by atoms with van der Waals surface area (Å²) in [4.78, 5) is 12.1. The third-order valence-electron chi connectivity index (χ3n) is 6.44. The summed E-state index contributed by atoms with van der Waals surface area (Å²) >= 11 is 0. The molecule has 1 rings (SSSR count). The molecule has 0 atom stereocenters. The van der Waals surface area contributed by atoms with Gasteiger partial charge in [0, 0.05) is 18.8 Å². The van der Waals surface area contributed by atoms with Crippen LogP contribution in [0.4, 0.5) is 5.69 Å². The topological polar surface area (TPSA) is 112 Å². The van der Waals surface area contributed by atoms with Crippen LogP contribution >= 0.6 is 0 Å². The van der Waals surface area contributed by atoms with Gasteiger partial charge in [0.15, 0.2) is 0 Å². The molecular weight excluding hydrogens is 582 g/mol. The van der Waals surface area contributed by atoms with Gasteiger partial charge in [-0.05, 0) is 37.1 Å². The lowest BCUT2D eigenvalue weighted by Gasteiger charge is -2.09. The first kappa shape index (κ1) is 41.2. The third-order valence-corrected chi connectivity index (χ3v) is 6.44. The number of benzene rings is 1. The van der Waals surface area contributed by atoms with Crippen LogP contribution in [0.2, 0.25) is 0 Å². The Morgan fingerprint density at radius 2 is 0.844 bits per heavy atom. The Morgan fingerprint density at radius 1 is 0.467 bits per heavy atom. The van der Waals surface area contributed by atoms with Crippen molar-refractivity contribution in [3.05, 3.63) is 29.8 Å². The number of hydrogen-bond acceptors (Lipinski definition) is 11. The number of carbonyl (C=O) groups is 1. The van der Waals surface area contributed by atoms with E-state index in [0.717, 1.165) is 38.1 Å². The number of rotatable bonds is 35. The SMILES string of the molecule is CCCCCCCOCCOCCOCCOCCOCCOCCOCCOCCOC(=O)c1ccc(NCCCC)cc1. The Morgan fingerprint density at radius 3 is 1.27 bits per heavy atom. The Bertz CT molecular complexity index is 753. The molecule has 0 saturated heterocycles. The first-order chi connectivity index (χ1) is 22.3. The summed E-state index contributed by atoms with van der Waals surface area (Å²) < 4.78 is 49.2. The minimum Gasteiger partial charge on any atom is -0.460 e. The van der Waals surface area contributed by atoms with E-state index in [9.17, 15) is 4.79 Å². The van der Waals surface area contributed by atoms with Gasteiger partial charge < -0.3 is 47.9 Å². The summed E-state index contributed by atoms with van der Waals surface area (Å²) in [5, 5.41) is 3.32. The van der Waals surface area contributed by atoms with Gasteiger partial charge in [-0.15, -0.1) is 0 Å². The van der Waals surface area contributed by atoms with Crippen LogP contribution < -0.4 is 5.32 Å². The molecule has 0 aliphatic heterocycles. The summed E-state index contributed by atoms with van der Waals surface area (Å²) in [6, 6.07) is 7.31. The summed E-state index contributed by atoms with van der Waals surface area (Å²) in [7, 11) is 0. The molecule has 0 unspecified atom stereocenters. The van der Waals surface area contributed by atoms with Gasteiger partial charge in [0.05, 0.1) is 105 Å². The lowest BCUT2D eigenvalue weighted by molar-refractivity contribution is -0.0244. The second-order valence-corrected chi connectivity index (χ2v) is 10.3. The Kier molecular flexibility index (Phi) is 30.7. The van der Waals surface area contributed by atoms with Crippen molar-refractivity contribution >= 4 is 11.7 Å². The van der Waals surface area contributed by atoms with Crippen molar-refractivity contribution < 1.29 is 47.4 Å². The van der Waals surface area contributed by atoms with Crippen LogP contribution in [-0.2, 0) is 42.6 Å². The molecule has 11 heteroatoms. The van der Waals surface area contributed by atoms with E-state index in [1.807, 2.05) is 12.1 Å². The molecule has 1 N–H and O–H groups in total. The fourth-order valence-electron chi connectivity index (χ4n) is 3.86. The summed E-state index contributed by atoms with van der Waals surface area (Å²) in [5.41, 5.74) is 1.52. The molecule has 0 radical (unpaired) electrons. The van der Waals surface area contributed by atoms with Crippen LogP contribution in [-0.4, -0.2) is 125 Å². The molecule has 1 aromatic rings. The van der Waals surface area contributed by atoms with Crippen LogP contribution in [0.5, 0.6) is 0 Å². The van der Waals surface area contributed by atoms with Crippen molar-refractivity contribution in [1.82, 2.24) is 0 Å². The Balaban J connectivity index is 1.72. The van der Waals surface area contributed by atoms with Gasteiger partial charge >= 0.3 is 5.97 Å². The quantitative estimate of drug-likeness (QED) is 0.0782. The number of anilines is 1. The van der Waals surface area contributed by atoms with Crippen molar-refractivity contribution in [3.63, 3.8) is 0 Å². The van der Waals surface area contributed by atoms with Crippen molar-refractivity contribution in [3.8, 4) is 0 Å². The molecule has 0 fully saturated rings. The van der Waals surface area contributed by atoms with Crippen molar-refractivity contribution in [2.75, 3.05) is 124 Å². The first-order valence-corrected chi connectivity index (χ1v) is 16.9. The van der Waals surface area contributed by atoms with E-state index >= 15 is 0 Å². The molecule has 45 heavy (non-hydrogen) atoms. The number of hydrogen-bond donors (Lipinski definition) is 1. The standard InChI is InChI=1S/C34H61NO10/c1-3-5-7-8-9-15-37-16-17-38-18-19-39-20-21-40-22-23-41-24-25-42-26-27-43-28-29-44-30-31-45-34(36)32-10-12-33(13-11-32)35-14-6-4-2/h10-13,35H,3-9,14-31H2,1-2H3. The van der Waals surface area contributed by atoms with E-state index in [-0.39, 0.29) is 12.6 Å². The van der Waals surface area contributed by atoms with Crippen LogP contribution in [0.15, 0.2) is 24.3 Å². The van der Waals surface area contributed by atoms with Crippen LogP contribution in [0.3, 0.4) is 0 Å². The summed E-state index contributed by atoms with van der Waals surface area (Å²) in [5.74, 6) is -0.355. The molecule has 0 spiro atoms. The number of unbranched alkanes of at least 4 members (excludes halogenated alkanes) is 5. The zero-order valence-corrected chi connectivity index (χ0v) is 28.1. The molecule has 11 nitrogen and oxygen atoms in total. The monoisotopic (exact) mass is 643 g/mol. The first-order valence-electron chi connectivity index (χ1n) is 16.9. The summed E-state index contributed by atoms with van der Waals surface area (Å²) in [6.07, 6.45) is 8.52. The zero-order chi connectivity index (χ0) is 32.3. The maximum atomic E-state index is 12.1. The van der Waals surface area contributed by atoms with Gasteiger partial charge in [0.25, 0.3) is 0 Å². The number of ether oxygens (including phenoxy) is 9. The molecular formula is C34H61NO10. The highest BCUT2D eigenvalue weighted by Crippen LogP contribution is 2.11. The Labute approximate surface area is 271 Å². The molecule has 1 aromatic carbocycles. The lowest BCUT2D eigenvalue weighted by Crippen LogP contribution is -2.15. The highest BCUT2D eigenvalue weighted by atomic mass is 16.6. The molecule has 262 valence electrons. The highest BCUT2D eigenvalue weighted by molar-refractivity contribution is 5.89. The second-order valence-electron chi connectivity index (χ2n) is 10.3. The average Bonchev–Trinajstić information content (AvgIpc) is 3.06. The van der Waals surface area contributed by atoms with E-state index in [2.05, 4.69) is 19.2 Å². The van der Waals surface area contributed by atoms with E-state index in [4.69, 9.17) is 42.6 Å². The van der Waals surface area contributed by atoms with Gasteiger partial charge in [0.1, 0.15) is 6.61 Å². The van der Waals surface area contributed by atoms with Crippen molar-refractivity contribution in [1.29, 1.82) is 0 Å². The van der Waals surface area contributed by atoms with Crippen LogP contribution in [0.25, 0.3) is 0 Å². The van der Waals surface area contributed by atoms with Gasteiger partial charge in [0.2, 0.25) is 0 Å². The minimum absolute atomic E-state index is 0.197. The van der Waals surface area contributed by atoms with E-state index in [1.54, 1.807) is 12.1 Å². The molecule has 0 bridgehead atoms. The van der Waals surface area contributed by atoms with E-state index < -0.39 is 0 Å². The van der Waals surface area contributed by atoms with Crippen molar-refractivity contribution in [2.24, 2.45) is 0 Å². The maximum absolute atomic E-state index is 12.1. The predicted molar refractivity (Wildman–Crippen MR) is 175 cm³/mol. The minimum atomic E-state index is -0.355. The predicted octanol–water partition coefficient (Wildman–Crippen LogP) is 5.16. The smallest absolute Gasteiger partial charge is 0.338 e. The van der Waals surface area contributed by atoms with Crippen molar-refractivity contribution in [2.45, 2.75) is 58.8 Å². The zero-order valence-electron chi connectivity index (χ0n) is 28.1. The Hall–Kier alpha value is -1.83. The number of nitrogens with one attached hydrogen (secondary N) is 1. The number of carbonyl (C=O) groups excluding carboxylic acids is 1. The number of esters is 1. The molecule has 0 saturated carbocycles. The molecule has 0 aromatic heterocycles. The van der Waals surface area contributed by atoms with Crippen LogP contribution in [0, 0.1) is 0 Å². The second kappa shape index (κ2) is 33.5. The lowest BCUT2D eigenvalue weighted by atomic mass is 10.2. The molecule has 0 aliphatic carbocycles. The largest absolute Gasteiger partial charge is 0.460 e. The normalized spacial score (nSPS) is 11.2. The van der Waals surface area contributed by atoms with E-state index in [1.165, 1.54) is 25.7 Å². The van der Waals surface area contributed by atoms with Gasteiger partial charge in [-0.3, -0.25) is 0 Å². The van der Waals surface area contributed by atoms with Crippen LogP contribution in [0.1, 0.15) is 69.2 Å². The average molecular weight is 644 g/mol. The van der Waals surface area contributed by atoms with Gasteiger partial charge in [-0.25, -0.2) is 4.79 Å². The summed E-state index contributed by atoms with van der Waals surface area (Å²) in [6.45, 7) is 13.9.